The molecule has 0 spiro atoms. The molecule has 28 nitrogen and oxygen atoms in total. The van der Waals surface area contributed by atoms with E-state index in [0.29, 0.717) is 0 Å². The maximum absolute atomic E-state index is 16.0. The van der Waals surface area contributed by atoms with Crippen LogP contribution < -0.4 is 56.2 Å². The van der Waals surface area contributed by atoms with Gasteiger partial charge in [-0.1, -0.05) is 47.5 Å². The number of ether oxygens (including phenoxy) is 6. The first kappa shape index (κ1) is 66.3. The quantitative estimate of drug-likeness (QED) is 0.0840. The van der Waals surface area contributed by atoms with E-state index in [2.05, 4.69) is 37.2 Å². The summed E-state index contributed by atoms with van der Waals surface area (Å²) >= 11 is 14.0. The molecular formula is C66H59Cl2N7O21. The van der Waals surface area contributed by atoms with Crippen LogP contribution in [0.4, 0.5) is 4.79 Å². The van der Waals surface area contributed by atoms with Gasteiger partial charge in [0.2, 0.25) is 41.2 Å². The van der Waals surface area contributed by atoms with Crippen LogP contribution in [-0.4, -0.2) is 121 Å². The van der Waals surface area contributed by atoms with Gasteiger partial charge in [0.05, 0.1) is 23.8 Å². The molecule has 0 unspecified atom stereocenters. The highest BCUT2D eigenvalue weighted by atomic mass is 35.5. The van der Waals surface area contributed by atoms with Crippen LogP contribution in [0.3, 0.4) is 0 Å². The molecule has 6 heterocycles. The average molecular weight is 1360 g/mol. The molecule has 0 aliphatic carbocycles. The van der Waals surface area contributed by atoms with Crippen LogP contribution in [0.25, 0.3) is 11.1 Å². The SMILES string of the molecule is COC(=O)[C@@H]1NC(=O)[C@H]2NC(=O)[C@H](NC(=O)[C@@H]3NC(=O)[C@H]4NC(=O)[C@@H](Cc5ccc(c(Cl)c5)Oc5cc3cc(c5OCCO)Oc3ccc(cc3Cl)[C@H]2O)NC(=O)[C@H](NC(=O)OC(C)(C)C)c2ccc(O)c(c2)Oc2cc(O)cc4c2)c2ccc(O)c(c2)-c2c(O)cc(O)cc21. The number of carbonyl (C=O) groups excluding carboxylic acids is 8. The Morgan fingerprint density at radius 1 is 0.573 bits per heavy atom. The van der Waals surface area contributed by atoms with E-state index >= 15 is 19.2 Å². The van der Waals surface area contributed by atoms with Gasteiger partial charge in [-0.05, 0) is 133 Å². The van der Waals surface area contributed by atoms with Gasteiger partial charge in [-0.2, -0.15) is 0 Å². The Morgan fingerprint density at radius 3 is 1.82 bits per heavy atom. The average Bonchev–Trinajstić information content (AvgIpc) is 0.777. The number of phenols is 5. The van der Waals surface area contributed by atoms with Crippen LogP contribution in [0.15, 0.2) is 115 Å². The van der Waals surface area contributed by atoms with Crippen molar-refractivity contribution in [1.29, 1.82) is 0 Å². The number of halogens is 2. The minimum Gasteiger partial charge on any atom is -0.508 e. The fourth-order valence-corrected chi connectivity index (χ4v) is 11.6. The van der Waals surface area contributed by atoms with Crippen LogP contribution in [0, 0.1) is 0 Å². The van der Waals surface area contributed by atoms with E-state index in [9.17, 15) is 54.9 Å². The van der Waals surface area contributed by atoms with Crippen molar-refractivity contribution >= 4 is 70.7 Å². The number of hydrogen-bond donors (Lipinski definition) is 14. The summed E-state index contributed by atoms with van der Waals surface area (Å²) in [7, 11) is 0.962. The minimum atomic E-state index is -2.19. The van der Waals surface area contributed by atoms with Gasteiger partial charge in [0.25, 0.3) is 0 Å². The third-order valence-corrected chi connectivity index (χ3v) is 16.2. The van der Waals surface area contributed by atoms with Crippen molar-refractivity contribution in [2.45, 2.75) is 81.2 Å². The van der Waals surface area contributed by atoms with E-state index in [0.717, 1.165) is 61.7 Å². The minimum absolute atomic E-state index is 0.00569. The number of aromatic hydroxyl groups is 5. The molecule has 7 aromatic rings. The maximum atomic E-state index is 16.0. The molecule has 8 atom stereocenters. The molecule has 6 aliphatic rings. The summed E-state index contributed by atoms with van der Waals surface area (Å²) in [5, 5.41) is 96.7. The molecule has 0 radical (unpaired) electrons. The van der Waals surface area contributed by atoms with Crippen molar-refractivity contribution in [3.8, 4) is 80.1 Å². The standard InChI is InChI=1S/C66H59Cl2N7O21/c1-66(2,3)96-65(90)75-51-29-7-10-42(80)46(21-29)93-35-18-31(17-33(77)24-35)52-61(86)72-53-32-22-47(94-44-11-5-27(15-38(44)67)16-40(58(83)70-52)69-59(51)84)57(92-14-13-76)48(23-32)95-45-12-8-30(20-39(45)68)56(82)55-63(88)73-54(64(89)91-4)37-25-34(78)26-43(81)49(37)36-19-28(6-9-41(36)79)50(60(85)74-55)71-62(53)87/h5-12,15,17-26,40,50-56,76-82H,13-14,16H2,1-4H3,(H,69,84)(H,70,83)(H,71,87)(H,72,86)(H,73,88)(H,74,85)(H,75,90)/t40-,50-,51-,52+,53-,54-,55+,56-/m1/s1. The number of methoxy groups -OCH3 is 1. The Labute approximate surface area is 553 Å². The third kappa shape index (κ3) is 13.9. The lowest BCUT2D eigenvalue weighted by molar-refractivity contribution is -0.146. The molecule has 0 saturated carbocycles. The van der Waals surface area contributed by atoms with Crippen molar-refractivity contribution in [1.82, 2.24) is 37.2 Å². The van der Waals surface area contributed by atoms with Crippen molar-refractivity contribution in [2.75, 3.05) is 20.3 Å². The normalized spacial score (nSPS) is 20.9. The first-order chi connectivity index (χ1) is 45.6. The maximum Gasteiger partial charge on any atom is 0.408 e. The topological polar surface area (TPSA) is 418 Å². The number of aliphatic hydroxyl groups excluding tert-OH is 2. The van der Waals surface area contributed by atoms with Crippen LogP contribution in [0.1, 0.15) is 96.0 Å². The van der Waals surface area contributed by atoms with Gasteiger partial charge >= 0.3 is 12.1 Å². The third-order valence-electron chi connectivity index (χ3n) is 15.6. The molecule has 0 fully saturated rings. The summed E-state index contributed by atoms with van der Waals surface area (Å²) in [6, 6.07) is 8.39. The number of nitrogens with one attached hydrogen (secondary N) is 7. The Balaban J connectivity index is 1.15. The zero-order chi connectivity index (χ0) is 68.8. The number of esters is 1. The number of hydrogen-bond acceptors (Lipinski definition) is 21. The number of phenolic OH excluding ortho intramolecular Hbond substituents is 5. The van der Waals surface area contributed by atoms with Gasteiger partial charge in [-0.25, -0.2) is 9.59 Å². The number of benzene rings is 7. The molecule has 14 N–H and O–H groups in total. The molecule has 0 saturated heterocycles. The molecule has 30 heteroatoms. The molecular weight excluding hydrogens is 1300 g/mol. The molecule has 7 aromatic carbocycles. The summed E-state index contributed by atoms with van der Waals surface area (Å²) in [6.07, 6.45) is -3.62. The fourth-order valence-electron chi connectivity index (χ4n) is 11.2. The molecule has 0 aromatic heterocycles. The van der Waals surface area contributed by atoms with E-state index < -0.39 is 155 Å². The van der Waals surface area contributed by atoms with Gasteiger partial charge in [0.1, 0.15) is 94.8 Å². The Hall–Kier alpha value is -11.2. The Kier molecular flexibility index (Phi) is 18.4. The number of alkyl carbamates (subject to hydrolysis) is 1. The predicted molar refractivity (Wildman–Crippen MR) is 335 cm³/mol. The summed E-state index contributed by atoms with van der Waals surface area (Å²) in [5.41, 5.74) is -2.98. The fraction of sp³-hybridized carbons (Fsp3) is 0.242. The van der Waals surface area contributed by atoms with Crippen LogP contribution >= 0.6 is 23.2 Å². The van der Waals surface area contributed by atoms with Crippen LogP contribution in [0.5, 0.6) is 69.0 Å². The lowest BCUT2D eigenvalue weighted by atomic mass is 9.89. The van der Waals surface area contributed by atoms with E-state index in [1.54, 1.807) is 20.8 Å². The first-order valence-electron chi connectivity index (χ1n) is 29.3. The number of rotatable bonds is 5. The molecule has 17 bridgehead atoms. The predicted octanol–water partition coefficient (Wildman–Crippen LogP) is 6.30. The number of fused-ring (bicyclic) bond motifs is 14. The second-order valence-corrected chi connectivity index (χ2v) is 24.3. The lowest BCUT2D eigenvalue weighted by Gasteiger charge is -2.31. The smallest absolute Gasteiger partial charge is 0.408 e. The second-order valence-electron chi connectivity index (χ2n) is 23.4. The van der Waals surface area contributed by atoms with Gasteiger partial charge in [-0.15, -0.1) is 0 Å². The van der Waals surface area contributed by atoms with Crippen molar-refractivity contribution < 1.29 is 103 Å². The molecule has 6 aliphatic heterocycles. The number of amides is 7. The van der Waals surface area contributed by atoms with E-state index in [-0.39, 0.29) is 94.8 Å². The highest BCUT2D eigenvalue weighted by molar-refractivity contribution is 6.32. The zero-order valence-corrected chi connectivity index (χ0v) is 52.3. The Bertz CT molecular complexity index is 4370. The van der Waals surface area contributed by atoms with Gasteiger partial charge < -0.3 is 101 Å². The van der Waals surface area contributed by atoms with Crippen molar-refractivity contribution in [2.24, 2.45) is 0 Å². The molecule has 13 rings (SSSR count). The lowest BCUT2D eigenvalue weighted by Crippen LogP contribution is -2.55. The molecule has 96 heavy (non-hydrogen) atoms. The van der Waals surface area contributed by atoms with Gasteiger partial charge in [0, 0.05) is 35.2 Å². The first-order valence-corrected chi connectivity index (χ1v) is 30.1. The highest BCUT2D eigenvalue weighted by Gasteiger charge is 2.42. The van der Waals surface area contributed by atoms with E-state index in [1.165, 1.54) is 60.7 Å². The van der Waals surface area contributed by atoms with E-state index in [4.69, 9.17) is 51.6 Å². The van der Waals surface area contributed by atoms with Gasteiger partial charge in [0.15, 0.2) is 29.0 Å². The molecule has 498 valence electrons. The monoisotopic (exact) mass is 1360 g/mol. The highest BCUT2D eigenvalue weighted by Crippen LogP contribution is 2.49. The molecule has 7 amide bonds. The summed E-state index contributed by atoms with van der Waals surface area (Å²) in [4.78, 5) is 120. The number of carbonyl (C=O) groups is 8. The van der Waals surface area contributed by atoms with Crippen LogP contribution in [-0.2, 0) is 49.5 Å². The number of aliphatic hydroxyl groups is 2. The summed E-state index contributed by atoms with van der Waals surface area (Å²) in [5.74, 6) is -13.7. The van der Waals surface area contributed by atoms with Crippen molar-refractivity contribution in [3.05, 3.63) is 164 Å². The second kappa shape index (κ2) is 26.7. The van der Waals surface area contributed by atoms with Crippen molar-refractivity contribution in [3.63, 3.8) is 0 Å². The summed E-state index contributed by atoms with van der Waals surface area (Å²) in [6.45, 7) is 3.68. The van der Waals surface area contributed by atoms with Gasteiger partial charge in [-0.3, -0.25) is 28.8 Å². The summed E-state index contributed by atoms with van der Waals surface area (Å²) < 4.78 is 35.8. The Morgan fingerprint density at radius 2 is 1.17 bits per heavy atom. The zero-order valence-electron chi connectivity index (χ0n) is 50.8. The largest absolute Gasteiger partial charge is 0.508 e. The van der Waals surface area contributed by atoms with E-state index in [1.807, 2.05) is 0 Å². The van der Waals surface area contributed by atoms with Crippen LogP contribution in [0.2, 0.25) is 10.0 Å².